The number of piperidine rings is 1. The average Bonchev–Trinajstić information content (AvgIpc) is 3.32. The lowest BCUT2D eigenvalue weighted by atomic mass is 9.85. The first-order valence-electron chi connectivity index (χ1n) is 12.3. The number of likely N-dealkylation sites (tertiary alicyclic amines) is 1. The molecular formula is C28H26F3N5O3. The number of aryl methyl sites for hydroxylation is 1. The number of fused-ring (bicyclic) bond motifs is 1. The van der Waals surface area contributed by atoms with Crippen molar-refractivity contribution < 1.29 is 27.5 Å². The molecule has 4 aromatic rings. The van der Waals surface area contributed by atoms with Crippen LogP contribution in [0.4, 0.5) is 13.2 Å². The second kappa shape index (κ2) is 10.4. The molecule has 11 heteroatoms. The van der Waals surface area contributed by atoms with Gasteiger partial charge in [-0.2, -0.15) is 13.2 Å². The van der Waals surface area contributed by atoms with Crippen LogP contribution >= 0.6 is 0 Å². The molecule has 1 aliphatic rings. The lowest BCUT2D eigenvalue weighted by Gasteiger charge is -2.39. The first-order chi connectivity index (χ1) is 18.7. The van der Waals surface area contributed by atoms with Crippen LogP contribution in [0.2, 0.25) is 0 Å². The van der Waals surface area contributed by atoms with Gasteiger partial charge in [-0.1, -0.05) is 30.3 Å². The zero-order valence-electron chi connectivity index (χ0n) is 21.3. The van der Waals surface area contributed by atoms with Crippen LogP contribution in [0.1, 0.15) is 44.3 Å². The molecule has 2 amide bonds. The van der Waals surface area contributed by atoms with Gasteiger partial charge in [0.05, 0.1) is 24.5 Å². The van der Waals surface area contributed by atoms with Crippen LogP contribution in [0.15, 0.2) is 67.1 Å². The number of rotatable bonds is 5. The van der Waals surface area contributed by atoms with Crippen molar-refractivity contribution in [1.82, 2.24) is 24.8 Å². The molecule has 2 aromatic carbocycles. The Labute approximate surface area is 222 Å². The van der Waals surface area contributed by atoms with Crippen LogP contribution in [0, 0.1) is 0 Å². The van der Waals surface area contributed by atoms with E-state index in [1.165, 1.54) is 7.11 Å². The van der Waals surface area contributed by atoms with Gasteiger partial charge >= 0.3 is 6.18 Å². The average molecular weight is 538 g/mol. The van der Waals surface area contributed by atoms with E-state index in [0.29, 0.717) is 29.8 Å². The summed E-state index contributed by atoms with van der Waals surface area (Å²) in [5.41, 5.74) is 0.915. The molecule has 1 fully saturated rings. The van der Waals surface area contributed by atoms with Gasteiger partial charge in [0.15, 0.2) is 0 Å². The topological polar surface area (TPSA) is 89.3 Å². The summed E-state index contributed by atoms with van der Waals surface area (Å²) in [5, 5.41) is 2.77. The SMILES string of the molecule is COc1cc(C(=O)N2CC[C@@H](NC(=O)c3ncccc3C(F)(F)F)[C@@H](c3ccccc3)C2)cc2c1ncn2C. The molecular weight excluding hydrogens is 511 g/mol. The number of hydrogen-bond donors (Lipinski definition) is 1. The van der Waals surface area contributed by atoms with E-state index < -0.39 is 29.4 Å². The third-order valence-corrected chi connectivity index (χ3v) is 7.03. The minimum atomic E-state index is -4.72. The monoisotopic (exact) mass is 537 g/mol. The highest BCUT2D eigenvalue weighted by molar-refractivity contribution is 5.99. The van der Waals surface area contributed by atoms with Crippen LogP contribution in [0.25, 0.3) is 11.0 Å². The molecule has 2 aromatic heterocycles. The van der Waals surface area contributed by atoms with E-state index in [1.54, 1.807) is 27.9 Å². The van der Waals surface area contributed by atoms with Gasteiger partial charge in [-0.3, -0.25) is 14.6 Å². The Morgan fingerprint density at radius 2 is 1.85 bits per heavy atom. The Hall–Kier alpha value is -4.41. The van der Waals surface area contributed by atoms with Crippen molar-refractivity contribution >= 4 is 22.8 Å². The molecule has 39 heavy (non-hydrogen) atoms. The number of carbonyl (C=O) groups is 2. The van der Waals surface area contributed by atoms with Crippen LogP contribution in [0.3, 0.4) is 0 Å². The highest BCUT2D eigenvalue weighted by Gasteiger charge is 2.38. The normalized spacial score (nSPS) is 17.7. The van der Waals surface area contributed by atoms with Crippen molar-refractivity contribution in [1.29, 1.82) is 0 Å². The number of alkyl halides is 3. The molecule has 0 radical (unpaired) electrons. The number of nitrogens with one attached hydrogen (secondary N) is 1. The number of nitrogens with zero attached hydrogens (tertiary/aromatic N) is 4. The third kappa shape index (κ3) is 5.16. The molecule has 0 bridgehead atoms. The quantitative estimate of drug-likeness (QED) is 0.407. The van der Waals surface area contributed by atoms with Gasteiger partial charge < -0.3 is 19.5 Å². The summed E-state index contributed by atoms with van der Waals surface area (Å²) in [6.45, 7) is 0.557. The third-order valence-electron chi connectivity index (χ3n) is 7.03. The number of pyridine rings is 1. The summed E-state index contributed by atoms with van der Waals surface area (Å²) < 4.78 is 47.8. The van der Waals surface area contributed by atoms with Gasteiger partial charge in [0.2, 0.25) is 0 Å². The molecule has 202 valence electrons. The van der Waals surface area contributed by atoms with E-state index in [1.807, 2.05) is 37.4 Å². The number of benzene rings is 2. The Bertz CT molecular complexity index is 1520. The lowest BCUT2D eigenvalue weighted by Crippen LogP contribution is -2.51. The van der Waals surface area contributed by atoms with Gasteiger partial charge in [-0.15, -0.1) is 0 Å². The second-order valence-corrected chi connectivity index (χ2v) is 9.44. The largest absolute Gasteiger partial charge is 0.494 e. The number of hydrogen-bond acceptors (Lipinski definition) is 5. The van der Waals surface area contributed by atoms with Crippen LogP contribution < -0.4 is 10.1 Å². The number of imidazole rings is 1. The lowest BCUT2D eigenvalue weighted by molar-refractivity contribution is -0.138. The summed E-state index contributed by atoms with van der Waals surface area (Å²) in [4.78, 5) is 36.4. The minimum absolute atomic E-state index is 0.216. The summed E-state index contributed by atoms with van der Waals surface area (Å²) in [5.74, 6) is -0.992. The van der Waals surface area contributed by atoms with E-state index >= 15 is 0 Å². The zero-order chi connectivity index (χ0) is 27.7. The molecule has 1 saturated heterocycles. The van der Waals surface area contributed by atoms with Crippen molar-refractivity contribution in [2.45, 2.75) is 24.6 Å². The minimum Gasteiger partial charge on any atom is -0.494 e. The maximum atomic E-state index is 13.6. The molecule has 0 unspecified atom stereocenters. The number of aromatic nitrogens is 3. The fraction of sp³-hybridized carbons (Fsp3) is 0.286. The highest BCUT2D eigenvalue weighted by Crippen LogP contribution is 2.33. The smallest absolute Gasteiger partial charge is 0.418 e. The molecule has 2 atom stereocenters. The predicted molar refractivity (Wildman–Crippen MR) is 137 cm³/mol. The standard InChI is InChI=1S/C28H26F3N5O3/c1-35-16-33-25-22(35)13-18(14-23(25)39-2)27(38)36-12-10-21(19(15-36)17-7-4-3-5-8-17)34-26(37)24-20(28(29,30)31)9-6-11-32-24/h3-9,11,13-14,16,19,21H,10,12,15H2,1-2H3,(H,34,37)/t19-,21-/m1/s1. The Balaban J connectivity index is 1.42. The molecule has 0 saturated carbocycles. The first kappa shape index (κ1) is 26.2. The van der Waals surface area contributed by atoms with E-state index in [2.05, 4.69) is 15.3 Å². The molecule has 1 N–H and O–H groups in total. The molecule has 3 heterocycles. The number of amides is 2. The van der Waals surface area contributed by atoms with E-state index in [9.17, 15) is 22.8 Å². The van der Waals surface area contributed by atoms with E-state index in [0.717, 1.165) is 29.4 Å². The highest BCUT2D eigenvalue weighted by atomic mass is 19.4. The number of methoxy groups -OCH3 is 1. The first-order valence-corrected chi connectivity index (χ1v) is 12.3. The van der Waals surface area contributed by atoms with Crippen LogP contribution in [-0.4, -0.2) is 57.5 Å². The van der Waals surface area contributed by atoms with Crippen molar-refractivity contribution in [2.75, 3.05) is 20.2 Å². The number of carbonyl (C=O) groups excluding carboxylic acids is 2. The zero-order valence-corrected chi connectivity index (χ0v) is 21.3. The predicted octanol–water partition coefficient (Wildman–Crippen LogP) is 4.42. The maximum Gasteiger partial charge on any atom is 0.418 e. The molecule has 5 rings (SSSR count). The van der Waals surface area contributed by atoms with Crippen molar-refractivity contribution in [2.24, 2.45) is 7.05 Å². The molecule has 0 spiro atoms. The van der Waals surface area contributed by atoms with E-state index in [4.69, 9.17) is 4.74 Å². The Morgan fingerprint density at radius 3 is 2.56 bits per heavy atom. The fourth-order valence-electron chi connectivity index (χ4n) is 5.06. The summed E-state index contributed by atoms with van der Waals surface area (Å²) >= 11 is 0. The Morgan fingerprint density at radius 1 is 1.08 bits per heavy atom. The molecule has 0 aliphatic carbocycles. The van der Waals surface area contributed by atoms with Gasteiger partial charge in [-0.05, 0) is 36.2 Å². The van der Waals surface area contributed by atoms with Gasteiger partial charge in [0, 0.05) is 43.9 Å². The Kier molecular flexibility index (Phi) is 6.98. The molecule has 1 aliphatic heterocycles. The van der Waals surface area contributed by atoms with Crippen molar-refractivity contribution in [3.63, 3.8) is 0 Å². The maximum absolute atomic E-state index is 13.6. The summed E-state index contributed by atoms with van der Waals surface area (Å²) in [6, 6.07) is 14.2. The second-order valence-electron chi connectivity index (χ2n) is 9.44. The van der Waals surface area contributed by atoms with Crippen LogP contribution in [-0.2, 0) is 13.2 Å². The van der Waals surface area contributed by atoms with Crippen LogP contribution in [0.5, 0.6) is 5.75 Å². The van der Waals surface area contributed by atoms with Crippen molar-refractivity contribution in [3.05, 3.63) is 89.5 Å². The number of halogens is 3. The summed E-state index contributed by atoms with van der Waals surface area (Å²) in [7, 11) is 3.34. The van der Waals surface area contributed by atoms with Gasteiger partial charge in [0.25, 0.3) is 11.8 Å². The number of ether oxygens (including phenoxy) is 1. The summed E-state index contributed by atoms with van der Waals surface area (Å²) in [6.07, 6.45) is -1.57. The van der Waals surface area contributed by atoms with E-state index in [-0.39, 0.29) is 18.4 Å². The molecule has 8 nitrogen and oxygen atoms in total. The fourth-order valence-corrected chi connectivity index (χ4v) is 5.06. The van der Waals surface area contributed by atoms with Gasteiger partial charge in [-0.25, -0.2) is 4.98 Å². The van der Waals surface area contributed by atoms with Crippen molar-refractivity contribution in [3.8, 4) is 5.75 Å². The van der Waals surface area contributed by atoms with Gasteiger partial charge in [0.1, 0.15) is 17.0 Å².